The Morgan fingerprint density at radius 1 is 1.39 bits per heavy atom. The van der Waals surface area contributed by atoms with E-state index >= 15 is 0 Å². The van der Waals surface area contributed by atoms with Crippen molar-refractivity contribution >= 4 is 32.5 Å². The summed E-state index contributed by atoms with van der Waals surface area (Å²) in [5.41, 5.74) is 0.741. The van der Waals surface area contributed by atoms with E-state index in [-0.39, 0.29) is 0 Å². The van der Waals surface area contributed by atoms with Crippen molar-refractivity contribution < 1.29 is 4.74 Å². The molecule has 0 aliphatic heterocycles. The Labute approximate surface area is 115 Å². The molecule has 18 heavy (non-hydrogen) atoms. The minimum atomic E-state index is 0.364. The zero-order valence-corrected chi connectivity index (χ0v) is 12.1. The van der Waals surface area contributed by atoms with Gasteiger partial charge in [0.1, 0.15) is 11.8 Å². The fraction of sp³-hybridized carbons (Fsp3) is 0.333. The predicted octanol–water partition coefficient (Wildman–Crippen LogP) is 3.54. The van der Waals surface area contributed by atoms with Crippen molar-refractivity contribution in [3.05, 3.63) is 24.3 Å². The van der Waals surface area contributed by atoms with E-state index in [9.17, 15) is 0 Å². The first-order valence-corrected chi connectivity index (χ1v) is 7.52. The van der Waals surface area contributed by atoms with Gasteiger partial charge < -0.3 is 4.74 Å². The highest BCUT2D eigenvalue weighted by Gasteiger charge is 2.02. The van der Waals surface area contributed by atoms with Gasteiger partial charge in [-0.3, -0.25) is 4.72 Å². The molecule has 0 atom stereocenters. The summed E-state index contributed by atoms with van der Waals surface area (Å²) in [6.45, 7) is 4.08. The monoisotopic (exact) mass is 281 g/mol. The fourth-order valence-corrected chi connectivity index (χ4v) is 2.68. The van der Waals surface area contributed by atoms with Crippen molar-refractivity contribution in [2.24, 2.45) is 4.99 Å². The van der Waals surface area contributed by atoms with E-state index in [4.69, 9.17) is 10.00 Å². The lowest BCUT2D eigenvalue weighted by atomic mass is 10.3. The zero-order chi connectivity index (χ0) is 13.4. The van der Waals surface area contributed by atoms with Gasteiger partial charge in [0.15, 0.2) is 5.04 Å². The van der Waals surface area contributed by atoms with Crippen molar-refractivity contribution in [1.29, 1.82) is 5.26 Å². The average molecular weight is 281 g/mol. The average Bonchev–Trinajstić information content (AvgIpc) is 2.38. The number of methoxy groups -OCH3 is 1. The van der Waals surface area contributed by atoms with Gasteiger partial charge in [-0.15, -0.1) is 0 Å². The molecule has 0 aliphatic carbocycles. The highest BCUT2D eigenvalue weighted by Crippen LogP contribution is 2.24. The molecule has 0 aromatic heterocycles. The summed E-state index contributed by atoms with van der Waals surface area (Å²) in [6.07, 6.45) is 0. The van der Waals surface area contributed by atoms with Gasteiger partial charge >= 0.3 is 0 Å². The SMILES string of the molecule is COc1ccc(N=C(C#N)SSNC(C)C)cc1. The molecule has 0 bridgehead atoms. The molecule has 0 saturated heterocycles. The number of rotatable bonds is 5. The predicted molar refractivity (Wildman–Crippen MR) is 79.2 cm³/mol. The number of nitriles is 1. The van der Waals surface area contributed by atoms with Crippen LogP contribution in [0, 0.1) is 11.3 Å². The van der Waals surface area contributed by atoms with Crippen LogP contribution in [-0.2, 0) is 0 Å². The Bertz CT molecular complexity index is 438. The van der Waals surface area contributed by atoms with Gasteiger partial charge in [-0.25, -0.2) is 4.99 Å². The van der Waals surface area contributed by atoms with Crippen LogP contribution in [0.25, 0.3) is 0 Å². The molecule has 0 radical (unpaired) electrons. The smallest absolute Gasteiger partial charge is 0.186 e. The molecular formula is C12H15N3OS2. The second-order valence-electron chi connectivity index (χ2n) is 3.67. The molecule has 6 heteroatoms. The Morgan fingerprint density at radius 2 is 2.06 bits per heavy atom. The van der Waals surface area contributed by atoms with Crippen molar-refractivity contribution in [2.45, 2.75) is 19.9 Å². The lowest BCUT2D eigenvalue weighted by molar-refractivity contribution is 0.415. The van der Waals surface area contributed by atoms with Crippen molar-refractivity contribution in [3.8, 4) is 11.8 Å². The second-order valence-corrected chi connectivity index (χ2v) is 5.62. The molecule has 1 rings (SSSR count). The molecule has 0 spiro atoms. The number of nitrogens with one attached hydrogen (secondary N) is 1. The maximum Gasteiger partial charge on any atom is 0.186 e. The van der Waals surface area contributed by atoms with E-state index in [1.54, 1.807) is 7.11 Å². The van der Waals surface area contributed by atoms with Crippen LogP contribution in [0.2, 0.25) is 0 Å². The standard InChI is InChI=1S/C12H15N3OS2/c1-9(2)15-18-17-12(8-13)14-10-4-6-11(16-3)7-5-10/h4-7,9,15H,1-3H3. The van der Waals surface area contributed by atoms with Gasteiger partial charge in [-0.2, -0.15) is 5.26 Å². The normalized spacial score (nSPS) is 11.4. The van der Waals surface area contributed by atoms with Crippen LogP contribution in [0.5, 0.6) is 5.75 Å². The Morgan fingerprint density at radius 3 is 2.56 bits per heavy atom. The van der Waals surface area contributed by atoms with Crippen molar-refractivity contribution in [3.63, 3.8) is 0 Å². The summed E-state index contributed by atoms with van der Waals surface area (Å²) in [6, 6.07) is 9.71. The van der Waals surface area contributed by atoms with Gasteiger partial charge in [0.25, 0.3) is 0 Å². The molecule has 0 saturated carbocycles. The Hall–Kier alpha value is -1.16. The van der Waals surface area contributed by atoms with Crippen LogP contribution in [0.4, 0.5) is 5.69 Å². The van der Waals surface area contributed by atoms with E-state index in [1.807, 2.05) is 38.1 Å². The quantitative estimate of drug-likeness (QED) is 0.387. The van der Waals surface area contributed by atoms with Crippen LogP contribution >= 0.6 is 21.8 Å². The van der Waals surface area contributed by atoms with Crippen LogP contribution < -0.4 is 9.46 Å². The summed E-state index contributed by atoms with van der Waals surface area (Å²) < 4.78 is 8.20. The number of aliphatic imine (C=N–C) groups is 1. The Balaban J connectivity index is 2.63. The molecule has 1 aromatic rings. The van der Waals surface area contributed by atoms with Gasteiger partial charge in [-0.05, 0) is 59.9 Å². The second kappa shape index (κ2) is 8.03. The molecule has 96 valence electrons. The summed E-state index contributed by atoms with van der Waals surface area (Å²) in [5.74, 6) is 0.774. The summed E-state index contributed by atoms with van der Waals surface area (Å²) in [5, 5.41) is 9.40. The van der Waals surface area contributed by atoms with Crippen LogP contribution in [-0.4, -0.2) is 18.2 Å². The fourth-order valence-electron chi connectivity index (χ4n) is 0.996. The third-order valence-electron chi connectivity index (χ3n) is 1.80. The Kier molecular flexibility index (Phi) is 6.65. The third-order valence-corrected chi connectivity index (χ3v) is 3.81. The van der Waals surface area contributed by atoms with E-state index in [2.05, 4.69) is 15.8 Å². The molecule has 0 amide bonds. The highest BCUT2D eigenvalue weighted by atomic mass is 33.1. The number of hydrogen-bond donors (Lipinski definition) is 1. The van der Waals surface area contributed by atoms with E-state index in [1.165, 1.54) is 21.8 Å². The first-order valence-electron chi connectivity index (χ1n) is 5.37. The number of ether oxygens (including phenoxy) is 1. The molecule has 0 aliphatic rings. The third kappa shape index (κ3) is 5.45. The van der Waals surface area contributed by atoms with Crippen LogP contribution in [0.1, 0.15) is 13.8 Å². The molecule has 0 unspecified atom stereocenters. The molecule has 0 fully saturated rings. The molecule has 0 heterocycles. The first kappa shape index (κ1) is 14.9. The minimum absolute atomic E-state index is 0.364. The molecule has 1 aromatic carbocycles. The zero-order valence-electron chi connectivity index (χ0n) is 10.5. The van der Waals surface area contributed by atoms with Crippen LogP contribution in [0.15, 0.2) is 29.3 Å². The molecule has 1 N–H and O–H groups in total. The number of hydrogen-bond acceptors (Lipinski definition) is 6. The topological polar surface area (TPSA) is 57.4 Å². The van der Waals surface area contributed by atoms with Gasteiger partial charge in [0.05, 0.1) is 12.8 Å². The maximum atomic E-state index is 8.99. The summed E-state index contributed by atoms with van der Waals surface area (Å²) in [7, 11) is 4.34. The van der Waals surface area contributed by atoms with Gasteiger partial charge in [0.2, 0.25) is 0 Å². The maximum absolute atomic E-state index is 8.99. The molecular weight excluding hydrogens is 266 g/mol. The van der Waals surface area contributed by atoms with E-state index in [0.717, 1.165) is 11.4 Å². The van der Waals surface area contributed by atoms with E-state index < -0.39 is 0 Å². The van der Waals surface area contributed by atoms with Crippen LogP contribution in [0.3, 0.4) is 0 Å². The van der Waals surface area contributed by atoms with Gasteiger partial charge in [-0.1, -0.05) is 0 Å². The minimum Gasteiger partial charge on any atom is -0.497 e. The van der Waals surface area contributed by atoms with Gasteiger partial charge in [0, 0.05) is 6.04 Å². The number of benzene rings is 1. The lowest BCUT2D eigenvalue weighted by Gasteiger charge is -2.04. The number of nitrogens with zero attached hydrogens (tertiary/aromatic N) is 2. The molecule has 4 nitrogen and oxygen atoms in total. The van der Waals surface area contributed by atoms with E-state index in [0.29, 0.717) is 11.1 Å². The van der Waals surface area contributed by atoms with Crippen molar-refractivity contribution in [1.82, 2.24) is 4.72 Å². The largest absolute Gasteiger partial charge is 0.497 e. The summed E-state index contributed by atoms with van der Waals surface area (Å²) >= 11 is 0. The lowest BCUT2D eigenvalue weighted by Crippen LogP contribution is -2.12. The summed E-state index contributed by atoms with van der Waals surface area (Å²) in [4.78, 5) is 4.25. The first-order chi connectivity index (χ1) is 8.65. The van der Waals surface area contributed by atoms with Crippen molar-refractivity contribution in [2.75, 3.05) is 7.11 Å². The highest BCUT2D eigenvalue weighted by molar-refractivity contribution is 8.81.